The van der Waals surface area contributed by atoms with Crippen molar-refractivity contribution < 1.29 is 0 Å². The van der Waals surface area contributed by atoms with E-state index in [1.165, 1.54) is 25.7 Å². The summed E-state index contributed by atoms with van der Waals surface area (Å²) in [6.45, 7) is 5.53. The third-order valence-corrected chi connectivity index (χ3v) is 3.89. The number of hydrogen-bond donors (Lipinski definition) is 1. The number of hydrogen-bond acceptors (Lipinski definition) is 3. The number of anilines is 2. The van der Waals surface area contributed by atoms with Gasteiger partial charge in [0, 0.05) is 23.3 Å². The van der Waals surface area contributed by atoms with Crippen molar-refractivity contribution in [2.45, 2.75) is 45.6 Å². The molecule has 1 heterocycles. The molecule has 1 aromatic rings. The molecule has 0 amide bonds. The molecule has 0 unspecified atom stereocenters. The molecular weight excluding hydrogens is 290 g/mol. The van der Waals surface area contributed by atoms with Crippen LogP contribution in [0.5, 0.6) is 0 Å². The van der Waals surface area contributed by atoms with E-state index in [9.17, 15) is 0 Å². The Kier molecular flexibility index (Phi) is 4.49. The number of nitrogens with two attached hydrogens (primary N) is 1. The Labute approximate surface area is 118 Å². The molecule has 1 fully saturated rings. The summed E-state index contributed by atoms with van der Waals surface area (Å²) < 4.78 is 0.944. The molecule has 2 N–H and O–H groups in total. The van der Waals surface area contributed by atoms with E-state index in [2.05, 4.69) is 39.7 Å². The highest BCUT2D eigenvalue weighted by Gasteiger charge is 2.25. The SMILES string of the molecule is CC(C)CN(c1ncc(Br)cc1N)C1CCCC1. The molecule has 0 aliphatic heterocycles. The molecule has 0 bridgehead atoms. The largest absolute Gasteiger partial charge is 0.396 e. The Morgan fingerprint density at radius 1 is 1.44 bits per heavy atom. The van der Waals surface area contributed by atoms with Crippen LogP contribution >= 0.6 is 15.9 Å². The first-order chi connectivity index (χ1) is 8.58. The van der Waals surface area contributed by atoms with Crippen molar-refractivity contribution in [3.8, 4) is 0 Å². The molecule has 1 saturated carbocycles. The van der Waals surface area contributed by atoms with Crippen LogP contribution in [0.25, 0.3) is 0 Å². The second kappa shape index (κ2) is 5.91. The molecule has 2 rings (SSSR count). The topological polar surface area (TPSA) is 42.2 Å². The van der Waals surface area contributed by atoms with Crippen LogP contribution in [-0.4, -0.2) is 17.6 Å². The molecule has 4 heteroatoms. The average Bonchev–Trinajstić information content (AvgIpc) is 2.79. The summed E-state index contributed by atoms with van der Waals surface area (Å²) in [5, 5.41) is 0. The fourth-order valence-electron chi connectivity index (χ4n) is 2.71. The molecule has 0 spiro atoms. The first-order valence-electron chi connectivity index (χ1n) is 6.75. The maximum Gasteiger partial charge on any atom is 0.152 e. The smallest absolute Gasteiger partial charge is 0.152 e. The Hall–Kier alpha value is -0.770. The lowest BCUT2D eigenvalue weighted by atomic mass is 10.1. The van der Waals surface area contributed by atoms with Gasteiger partial charge in [0.25, 0.3) is 0 Å². The molecular formula is C14H22BrN3. The number of aromatic nitrogens is 1. The Bertz CT molecular complexity index is 400. The lowest BCUT2D eigenvalue weighted by Gasteiger charge is -2.32. The van der Waals surface area contributed by atoms with Crippen molar-refractivity contribution in [2.24, 2.45) is 5.92 Å². The first-order valence-corrected chi connectivity index (χ1v) is 7.55. The van der Waals surface area contributed by atoms with Crippen molar-refractivity contribution in [1.29, 1.82) is 0 Å². The van der Waals surface area contributed by atoms with Crippen LogP contribution in [0.1, 0.15) is 39.5 Å². The standard InChI is InChI=1S/C14H22BrN3/c1-10(2)9-18(12-5-3-4-6-12)14-13(16)7-11(15)8-17-14/h7-8,10,12H,3-6,9,16H2,1-2H3. The highest BCUT2D eigenvalue weighted by Crippen LogP contribution is 2.32. The van der Waals surface area contributed by atoms with Gasteiger partial charge >= 0.3 is 0 Å². The fraction of sp³-hybridized carbons (Fsp3) is 0.643. The van der Waals surface area contributed by atoms with Gasteiger partial charge in [0.15, 0.2) is 5.82 Å². The van der Waals surface area contributed by atoms with Crippen molar-refractivity contribution in [1.82, 2.24) is 4.98 Å². The zero-order valence-corrected chi connectivity index (χ0v) is 12.8. The maximum atomic E-state index is 6.13. The second-order valence-electron chi connectivity index (χ2n) is 5.55. The molecule has 3 nitrogen and oxygen atoms in total. The molecule has 18 heavy (non-hydrogen) atoms. The highest BCUT2D eigenvalue weighted by molar-refractivity contribution is 9.10. The number of nitrogens with zero attached hydrogens (tertiary/aromatic N) is 2. The van der Waals surface area contributed by atoms with Crippen LogP contribution in [0.2, 0.25) is 0 Å². The number of halogens is 1. The van der Waals surface area contributed by atoms with Gasteiger partial charge in [0.05, 0.1) is 5.69 Å². The van der Waals surface area contributed by atoms with E-state index in [1.807, 2.05) is 12.3 Å². The molecule has 1 aliphatic carbocycles. The second-order valence-corrected chi connectivity index (χ2v) is 6.47. The van der Waals surface area contributed by atoms with Crippen molar-refractivity contribution >= 4 is 27.4 Å². The average molecular weight is 312 g/mol. The quantitative estimate of drug-likeness (QED) is 0.918. The summed E-state index contributed by atoms with van der Waals surface area (Å²) in [6.07, 6.45) is 7.03. The van der Waals surface area contributed by atoms with Gasteiger partial charge in [-0.3, -0.25) is 0 Å². The molecule has 1 aromatic heterocycles. The molecule has 100 valence electrons. The monoisotopic (exact) mass is 311 g/mol. The van der Waals surface area contributed by atoms with E-state index in [4.69, 9.17) is 5.73 Å². The van der Waals surface area contributed by atoms with Crippen LogP contribution in [0, 0.1) is 5.92 Å². The summed E-state index contributed by atoms with van der Waals surface area (Å²) in [4.78, 5) is 6.95. The molecule has 0 atom stereocenters. The van der Waals surface area contributed by atoms with Gasteiger partial charge in [0.2, 0.25) is 0 Å². The number of nitrogen functional groups attached to an aromatic ring is 1. The lowest BCUT2D eigenvalue weighted by molar-refractivity contribution is 0.532. The van der Waals surface area contributed by atoms with Gasteiger partial charge in [-0.25, -0.2) is 4.98 Å². The summed E-state index contributed by atoms with van der Waals surface area (Å²) in [7, 11) is 0. The van der Waals surface area contributed by atoms with Gasteiger partial charge in [-0.15, -0.1) is 0 Å². The summed E-state index contributed by atoms with van der Waals surface area (Å²) in [6, 6.07) is 2.56. The first kappa shape index (κ1) is 13.7. The Balaban J connectivity index is 2.26. The Morgan fingerprint density at radius 2 is 2.11 bits per heavy atom. The van der Waals surface area contributed by atoms with Gasteiger partial charge in [0.1, 0.15) is 0 Å². The van der Waals surface area contributed by atoms with Gasteiger partial charge in [-0.1, -0.05) is 26.7 Å². The molecule has 0 aromatic carbocycles. The van der Waals surface area contributed by atoms with Crippen LogP contribution in [0.4, 0.5) is 11.5 Å². The van der Waals surface area contributed by atoms with Crippen LogP contribution in [0.15, 0.2) is 16.7 Å². The minimum atomic E-state index is 0.614. The third kappa shape index (κ3) is 3.16. The number of rotatable bonds is 4. The van der Waals surface area contributed by atoms with Crippen LogP contribution in [-0.2, 0) is 0 Å². The lowest BCUT2D eigenvalue weighted by Crippen LogP contribution is -2.37. The normalized spacial score (nSPS) is 16.4. The van der Waals surface area contributed by atoms with Gasteiger partial charge in [-0.05, 0) is 40.8 Å². The van der Waals surface area contributed by atoms with E-state index < -0.39 is 0 Å². The predicted molar refractivity (Wildman–Crippen MR) is 80.8 cm³/mol. The third-order valence-electron chi connectivity index (χ3n) is 3.46. The fourth-order valence-corrected chi connectivity index (χ4v) is 3.05. The van der Waals surface area contributed by atoms with Crippen LogP contribution < -0.4 is 10.6 Å². The van der Waals surface area contributed by atoms with E-state index in [0.717, 1.165) is 22.5 Å². The Morgan fingerprint density at radius 3 is 2.67 bits per heavy atom. The van der Waals surface area contributed by atoms with Crippen molar-refractivity contribution in [3.63, 3.8) is 0 Å². The maximum absolute atomic E-state index is 6.13. The zero-order chi connectivity index (χ0) is 13.1. The minimum absolute atomic E-state index is 0.614. The van der Waals surface area contributed by atoms with Crippen molar-refractivity contribution in [2.75, 3.05) is 17.2 Å². The van der Waals surface area contributed by atoms with E-state index in [0.29, 0.717) is 12.0 Å². The van der Waals surface area contributed by atoms with E-state index >= 15 is 0 Å². The summed E-state index contributed by atoms with van der Waals surface area (Å²) in [5.74, 6) is 1.58. The predicted octanol–water partition coefficient (Wildman–Crippen LogP) is 3.83. The minimum Gasteiger partial charge on any atom is -0.396 e. The molecule has 0 saturated heterocycles. The van der Waals surface area contributed by atoms with Gasteiger partial charge < -0.3 is 10.6 Å². The van der Waals surface area contributed by atoms with E-state index in [1.54, 1.807) is 0 Å². The summed E-state index contributed by atoms with van der Waals surface area (Å²) >= 11 is 3.42. The van der Waals surface area contributed by atoms with E-state index in [-0.39, 0.29) is 0 Å². The molecule has 0 radical (unpaired) electrons. The highest BCUT2D eigenvalue weighted by atomic mass is 79.9. The van der Waals surface area contributed by atoms with Crippen LogP contribution in [0.3, 0.4) is 0 Å². The number of pyridine rings is 1. The van der Waals surface area contributed by atoms with Gasteiger partial charge in [-0.2, -0.15) is 0 Å². The van der Waals surface area contributed by atoms with Crippen molar-refractivity contribution in [3.05, 3.63) is 16.7 Å². The summed E-state index contributed by atoms with van der Waals surface area (Å²) in [5.41, 5.74) is 6.91. The molecule has 1 aliphatic rings. The zero-order valence-electron chi connectivity index (χ0n) is 11.2.